The van der Waals surface area contributed by atoms with Crippen molar-refractivity contribution in [2.75, 3.05) is 19.0 Å². The molecule has 7 heteroatoms. The Hall–Kier alpha value is -4.00. The monoisotopic (exact) mass is 460 g/mol. The van der Waals surface area contributed by atoms with Crippen molar-refractivity contribution in [1.82, 2.24) is 4.90 Å². The van der Waals surface area contributed by atoms with Crippen LogP contribution in [0.2, 0.25) is 0 Å². The molecule has 2 amide bonds. The number of carbonyl (C=O) groups is 2. The number of ether oxygens (including phenoxy) is 3. The van der Waals surface area contributed by atoms with Crippen LogP contribution in [0.5, 0.6) is 11.5 Å². The number of rotatable bonds is 7. The third-order valence-electron chi connectivity index (χ3n) is 5.67. The second-order valence-corrected chi connectivity index (χ2v) is 8.13. The van der Waals surface area contributed by atoms with E-state index in [1.807, 2.05) is 60.7 Å². The van der Waals surface area contributed by atoms with Gasteiger partial charge in [0.25, 0.3) is 5.91 Å². The van der Waals surface area contributed by atoms with Gasteiger partial charge < -0.3 is 19.1 Å². The maximum absolute atomic E-state index is 12.9. The third kappa shape index (κ3) is 5.86. The molecule has 3 aromatic carbocycles. The summed E-state index contributed by atoms with van der Waals surface area (Å²) in [5.74, 6) is 1.37. The van der Waals surface area contributed by atoms with Gasteiger partial charge in [-0.25, -0.2) is 4.79 Å². The van der Waals surface area contributed by atoms with Crippen LogP contribution in [0.25, 0.3) is 0 Å². The molecule has 0 radical (unpaired) electrons. The minimum absolute atomic E-state index is 0.0681. The number of methoxy groups -OCH3 is 1. The molecule has 34 heavy (non-hydrogen) atoms. The van der Waals surface area contributed by atoms with E-state index in [1.165, 1.54) is 0 Å². The van der Waals surface area contributed by atoms with Gasteiger partial charge in [-0.05, 0) is 54.8 Å². The first-order valence-corrected chi connectivity index (χ1v) is 11.2. The molecule has 4 rings (SSSR count). The van der Waals surface area contributed by atoms with Crippen LogP contribution in [0, 0.1) is 0 Å². The summed E-state index contributed by atoms with van der Waals surface area (Å²) in [5, 5.41) is 2.76. The smallest absolute Gasteiger partial charge is 0.411 e. The molecule has 0 saturated carbocycles. The van der Waals surface area contributed by atoms with E-state index in [2.05, 4.69) is 5.32 Å². The van der Waals surface area contributed by atoms with E-state index in [4.69, 9.17) is 14.2 Å². The van der Waals surface area contributed by atoms with Crippen LogP contribution in [0.3, 0.4) is 0 Å². The minimum atomic E-state index is -0.591. The summed E-state index contributed by atoms with van der Waals surface area (Å²) >= 11 is 0. The molecule has 1 N–H and O–H groups in total. The number of hydrogen-bond donors (Lipinski definition) is 1. The van der Waals surface area contributed by atoms with Gasteiger partial charge in [-0.1, -0.05) is 42.5 Å². The molecule has 1 aliphatic rings. The Labute approximate surface area is 199 Å². The Balaban J connectivity index is 1.41. The summed E-state index contributed by atoms with van der Waals surface area (Å²) < 4.78 is 16.4. The number of benzene rings is 3. The van der Waals surface area contributed by atoms with Crippen molar-refractivity contribution in [2.45, 2.75) is 32.6 Å². The van der Waals surface area contributed by atoms with Crippen LogP contribution in [-0.2, 0) is 29.1 Å². The van der Waals surface area contributed by atoms with Gasteiger partial charge in [0, 0.05) is 24.3 Å². The third-order valence-corrected chi connectivity index (χ3v) is 5.67. The number of fused-ring (bicyclic) bond motifs is 1. The van der Waals surface area contributed by atoms with Gasteiger partial charge in [-0.3, -0.25) is 10.1 Å². The van der Waals surface area contributed by atoms with Crippen molar-refractivity contribution < 1.29 is 23.8 Å². The van der Waals surface area contributed by atoms with Gasteiger partial charge in [-0.15, -0.1) is 0 Å². The molecule has 0 saturated heterocycles. The van der Waals surface area contributed by atoms with E-state index in [0.717, 1.165) is 22.4 Å². The summed E-state index contributed by atoms with van der Waals surface area (Å²) in [5.41, 5.74) is 3.43. The van der Waals surface area contributed by atoms with Crippen LogP contribution in [-0.4, -0.2) is 36.7 Å². The minimum Gasteiger partial charge on any atom is -0.497 e. The first kappa shape index (κ1) is 23.2. The fourth-order valence-electron chi connectivity index (χ4n) is 3.80. The highest BCUT2D eigenvalue weighted by Gasteiger charge is 2.28. The van der Waals surface area contributed by atoms with E-state index in [-0.39, 0.29) is 12.5 Å². The first-order chi connectivity index (χ1) is 16.5. The lowest BCUT2D eigenvalue weighted by Gasteiger charge is -2.22. The predicted octanol–water partition coefficient (Wildman–Crippen LogP) is 4.80. The van der Waals surface area contributed by atoms with Gasteiger partial charge in [-0.2, -0.15) is 0 Å². The molecule has 0 bridgehead atoms. The lowest BCUT2D eigenvalue weighted by atomic mass is 10.1. The normalized spacial score (nSPS) is 15.1. The number of carbonyl (C=O) groups excluding carboxylic acids is 2. The lowest BCUT2D eigenvalue weighted by molar-refractivity contribution is -0.137. The van der Waals surface area contributed by atoms with E-state index in [1.54, 1.807) is 31.1 Å². The fourth-order valence-corrected chi connectivity index (χ4v) is 3.80. The molecule has 0 unspecified atom stereocenters. The Morgan fingerprint density at radius 1 is 1.06 bits per heavy atom. The summed E-state index contributed by atoms with van der Waals surface area (Å²) in [6, 6.07) is 22.7. The van der Waals surface area contributed by atoms with Crippen molar-refractivity contribution in [2.24, 2.45) is 0 Å². The Kier molecular flexibility index (Phi) is 7.32. The van der Waals surface area contributed by atoms with Gasteiger partial charge in [0.05, 0.1) is 7.11 Å². The number of nitrogens with zero attached hydrogens (tertiary/aromatic N) is 1. The Morgan fingerprint density at radius 3 is 2.56 bits per heavy atom. The van der Waals surface area contributed by atoms with E-state index in [9.17, 15) is 9.59 Å². The van der Waals surface area contributed by atoms with E-state index >= 15 is 0 Å². The van der Waals surface area contributed by atoms with Crippen molar-refractivity contribution in [3.05, 3.63) is 89.5 Å². The number of amides is 2. The molecule has 0 aromatic heterocycles. The molecule has 1 atom stereocenters. The average Bonchev–Trinajstić information content (AvgIpc) is 2.98. The highest BCUT2D eigenvalue weighted by atomic mass is 16.5. The van der Waals surface area contributed by atoms with Gasteiger partial charge in [0.15, 0.2) is 6.10 Å². The van der Waals surface area contributed by atoms with Crippen LogP contribution >= 0.6 is 0 Å². The standard InChI is InChI=1S/C27H28N2O5/c1-19-26(30)29(15-14-20-8-11-24(32-2)12-9-20)17-22-16-23(10-13-25(22)34-19)28-27(31)33-18-21-6-4-3-5-7-21/h3-13,16,19H,14-15,17-18H2,1-2H3,(H,28,31)/t19-/m0/s1. The van der Waals surface area contributed by atoms with E-state index < -0.39 is 12.2 Å². The maximum Gasteiger partial charge on any atom is 0.411 e. The Bertz CT molecular complexity index is 1130. The highest BCUT2D eigenvalue weighted by Crippen LogP contribution is 2.29. The molecule has 176 valence electrons. The molecule has 0 fully saturated rings. The summed E-state index contributed by atoms with van der Waals surface area (Å²) in [6.45, 7) is 2.88. The van der Waals surface area contributed by atoms with Crippen molar-refractivity contribution in [3.63, 3.8) is 0 Å². The Morgan fingerprint density at radius 2 is 1.82 bits per heavy atom. The SMILES string of the molecule is COc1ccc(CCN2Cc3cc(NC(=O)OCc4ccccc4)ccc3O[C@@H](C)C2=O)cc1. The molecular weight excluding hydrogens is 432 g/mol. The molecule has 1 heterocycles. The van der Waals surface area contributed by atoms with Crippen LogP contribution in [0.4, 0.5) is 10.5 Å². The van der Waals surface area contributed by atoms with Crippen molar-refractivity contribution in [1.29, 1.82) is 0 Å². The van der Waals surface area contributed by atoms with Gasteiger partial charge >= 0.3 is 6.09 Å². The lowest BCUT2D eigenvalue weighted by Crippen LogP contribution is -2.39. The van der Waals surface area contributed by atoms with Crippen LogP contribution in [0.15, 0.2) is 72.8 Å². The largest absolute Gasteiger partial charge is 0.497 e. The number of anilines is 1. The topological polar surface area (TPSA) is 77.1 Å². The quantitative estimate of drug-likeness (QED) is 0.548. The van der Waals surface area contributed by atoms with Crippen LogP contribution in [0.1, 0.15) is 23.6 Å². The zero-order valence-corrected chi connectivity index (χ0v) is 19.3. The molecule has 0 aliphatic carbocycles. The maximum atomic E-state index is 12.9. The zero-order chi connectivity index (χ0) is 23.9. The average molecular weight is 461 g/mol. The molecule has 7 nitrogen and oxygen atoms in total. The van der Waals surface area contributed by atoms with Gasteiger partial charge in [0.1, 0.15) is 18.1 Å². The van der Waals surface area contributed by atoms with E-state index in [0.29, 0.717) is 30.9 Å². The van der Waals surface area contributed by atoms with Crippen molar-refractivity contribution in [3.8, 4) is 11.5 Å². The number of hydrogen-bond acceptors (Lipinski definition) is 5. The van der Waals surface area contributed by atoms with Gasteiger partial charge in [0.2, 0.25) is 0 Å². The first-order valence-electron chi connectivity index (χ1n) is 11.2. The van der Waals surface area contributed by atoms with Crippen LogP contribution < -0.4 is 14.8 Å². The molecule has 0 spiro atoms. The molecule has 3 aromatic rings. The second kappa shape index (κ2) is 10.7. The fraction of sp³-hybridized carbons (Fsp3) is 0.259. The summed E-state index contributed by atoms with van der Waals surface area (Å²) in [4.78, 5) is 27.0. The predicted molar refractivity (Wildman–Crippen MR) is 129 cm³/mol. The highest BCUT2D eigenvalue weighted by molar-refractivity contribution is 5.85. The van der Waals surface area contributed by atoms with Crippen molar-refractivity contribution >= 4 is 17.7 Å². The molecular formula is C27H28N2O5. The second-order valence-electron chi connectivity index (χ2n) is 8.13. The number of nitrogens with one attached hydrogen (secondary N) is 1. The summed E-state index contributed by atoms with van der Waals surface area (Å²) in [7, 11) is 1.63. The summed E-state index contributed by atoms with van der Waals surface area (Å²) in [6.07, 6.45) is -0.424. The molecule has 1 aliphatic heterocycles. The zero-order valence-electron chi connectivity index (χ0n) is 19.3.